The molecule has 25 heavy (non-hydrogen) atoms. The molecule has 0 saturated carbocycles. The number of carbonyl (C=O) groups is 1. The first kappa shape index (κ1) is 17.1. The molecule has 130 valence electrons. The third-order valence-corrected chi connectivity index (χ3v) is 4.21. The summed E-state index contributed by atoms with van der Waals surface area (Å²) in [6.45, 7) is 6.58. The zero-order valence-electron chi connectivity index (χ0n) is 14.9. The Labute approximate surface area is 148 Å². The van der Waals surface area contributed by atoms with Gasteiger partial charge in [0.25, 0.3) is 0 Å². The number of hydrogen-bond donors (Lipinski definition) is 1. The van der Waals surface area contributed by atoms with Crippen LogP contribution in [0, 0.1) is 5.92 Å². The van der Waals surface area contributed by atoms with E-state index in [2.05, 4.69) is 53.7 Å². The second-order valence-electron chi connectivity index (χ2n) is 6.86. The third-order valence-electron chi connectivity index (χ3n) is 4.21. The molecule has 0 spiro atoms. The maximum Gasteiger partial charge on any atom is 0.242 e. The summed E-state index contributed by atoms with van der Waals surface area (Å²) in [6, 6.07) is 16.0. The highest BCUT2D eigenvalue weighted by molar-refractivity contribution is 5.80. The molecule has 2 aromatic carbocycles. The molecule has 0 radical (unpaired) electrons. The van der Waals surface area contributed by atoms with Crippen LogP contribution < -0.4 is 5.32 Å². The fourth-order valence-electron chi connectivity index (χ4n) is 2.95. The van der Waals surface area contributed by atoms with E-state index in [0.717, 1.165) is 23.0 Å². The number of nitrogens with zero attached hydrogens (tertiary/aromatic N) is 3. The zero-order valence-corrected chi connectivity index (χ0v) is 14.9. The third kappa shape index (κ3) is 4.24. The summed E-state index contributed by atoms with van der Waals surface area (Å²) >= 11 is 0. The van der Waals surface area contributed by atoms with E-state index in [4.69, 9.17) is 0 Å². The molecule has 0 aliphatic rings. The van der Waals surface area contributed by atoms with Crippen molar-refractivity contribution in [2.45, 2.75) is 39.8 Å². The molecule has 1 aromatic heterocycles. The predicted molar refractivity (Wildman–Crippen MR) is 99.1 cm³/mol. The van der Waals surface area contributed by atoms with Gasteiger partial charge in [0.15, 0.2) is 0 Å². The lowest BCUT2D eigenvalue weighted by Gasteiger charge is -2.15. The minimum absolute atomic E-state index is 0.0459. The number of nitrogens with one attached hydrogen (secondary N) is 1. The maximum atomic E-state index is 12.4. The molecule has 3 rings (SSSR count). The van der Waals surface area contributed by atoms with Crippen LogP contribution in [0.25, 0.3) is 11.0 Å². The highest BCUT2D eigenvalue weighted by atomic mass is 16.2. The summed E-state index contributed by atoms with van der Waals surface area (Å²) in [4.78, 5) is 12.4. The summed E-state index contributed by atoms with van der Waals surface area (Å²) in [5.74, 6) is 0.565. The van der Waals surface area contributed by atoms with Crippen LogP contribution in [0.4, 0.5) is 0 Å². The van der Waals surface area contributed by atoms with Crippen LogP contribution in [-0.4, -0.2) is 20.9 Å². The Kier molecular flexibility index (Phi) is 5.12. The van der Waals surface area contributed by atoms with E-state index in [9.17, 15) is 4.79 Å². The number of amides is 1. The minimum Gasteiger partial charge on any atom is -0.348 e. The number of fused-ring (bicyclic) bond motifs is 1. The van der Waals surface area contributed by atoms with Crippen LogP contribution in [0.2, 0.25) is 0 Å². The van der Waals surface area contributed by atoms with Crippen molar-refractivity contribution in [1.29, 1.82) is 0 Å². The number of carbonyl (C=O) groups excluding carboxylic acids is 1. The molecule has 1 atom stereocenters. The van der Waals surface area contributed by atoms with Crippen LogP contribution in [0.3, 0.4) is 0 Å². The Bertz CT molecular complexity index is 852. The lowest BCUT2D eigenvalue weighted by Crippen LogP contribution is -2.30. The van der Waals surface area contributed by atoms with Crippen molar-refractivity contribution in [3.8, 4) is 0 Å². The number of hydrogen-bond acceptors (Lipinski definition) is 3. The maximum absolute atomic E-state index is 12.4. The topological polar surface area (TPSA) is 59.8 Å². The highest BCUT2D eigenvalue weighted by Crippen LogP contribution is 2.16. The number of rotatable bonds is 6. The quantitative estimate of drug-likeness (QED) is 0.749. The normalized spacial score (nSPS) is 12.5. The van der Waals surface area contributed by atoms with Gasteiger partial charge in [0.2, 0.25) is 5.91 Å². The van der Waals surface area contributed by atoms with E-state index in [1.165, 1.54) is 5.56 Å². The molecule has 3 aromatic rings. The average molecular weight is 336 g/mol. The van der Waals surface area contributed by atoms with Crippen LogP contribution in [0.1, 0.15) is 37.9 Å². The second kappa shape index (κ2) is 7.47. The molecule has 0 saturated heterocycles. The van der Waals surface area contributed by atoms with Crippen molar-refractivity contribution in [1.82, 2.24) is 20.3 Å². The zero-order chi connectivity index (χ0) is 17.8. The van der Waals surface area contributed by atoms with Crippen LogP contribution >= 0.6 is 0 Å². The van der Waals surface area contributed by atoms with E-state index in [1.54, 1.807) is 4.68 Å². The Hall–Kier alpha value is -2.69. The fourth-order valence-corrected chi connectivity index (χ4v) is 2.95. The smallest absolute Gasteiger partial charge is 0.242 e. The minimum atomic E-state index is -0.0746. The van der Waals surface area contributed by atoms with Crippen LogP contribution in [0.5, 0.6) is 0 Å². The molecule has 1 amide bonds. The summed E-state index contributed by atoms with van der Waals surface area (Å²) in [5, 5.41) is 11.2. The number of benzene rings is 2. The molecule has 1 N–H and O–H groups in total. The van der Waals surface area contributed by atoms with E-state index >= 15 is 0 Å². The van der Waals surface area contributed by atoms with E-state index < -0.39 is 0 Å². The van der Waals surface area contributed by atoms with Gasteiger partial charge in [-0.2, -0.15) is 0 Å². The Balaban J connectivity index is 1.62. The van der Waals surface area contributed by atoms with Gasteiger partial charge in [-0.1, -0.05) is 55.5 Å². The highest BCUT2D eigenvalue weighted by Gasteiger charge is 2.12. The summed E-state index contributed by atoms with van der Waals surface area (Å²) < 4.78 is 1.63. The first-order valence-electron chi connectivity index (χ1n) is 8.69. The van der Waals surface area contributed by atoms with Crippen LogP contribution in [0.15, 0.2) is 48.5 Å². The van der Waals surface area contributed by atoms with Crippen molar-refractivity contribution in [2.24, 2.45) is 5.92 Å². The number of para-hydroxylation sites is 1. The molecular weight excluding hydrogens is 312 g/mol. The molecule has 0 aliphatic carbocycles. The fraction of sp³-hybridized carbons (Fsp3) is 0.350. The van der Waals surface area contributed by atoms with Gasteiger partial charge in [0.1, 0.15) is 12.1 Å². The van der Waals surface area contributed by atoms with Gasteiger partial charge in [-0.05, 0) is 42.5 Å². The lowest BCUT2D eigenvalue weighted by molar-refractivity contribution is -0.122. The van der Waals surface area contributed by atoms with Gasteiger partial charge >= 0.3 is 0 Å². The van der Waals surface area contributed by atoms with E-state index in [1.807, 2.05) is 31.2 Å². The van der Waals surface area contributed by atoms with Gasteiger partial charge in [0, 0.05) is 0 Å². The van der Waals surface area contributed by atoms with Gasteiger partial charge in [-0.15, -0.1) is 5.10 Å². The van der Waals surface area contributed by atoms with Crippen molar-refractivity contribution >= 4 is 16.9 Å². The van der Waals surface area contributed by atoms with Gasteiger partial charge in [-0.3, -0.25) is 4.79 Å². The van der Waals surface area contributed by atoms with Crippen molar-refractivity contribution in [2.75, 3.05) is 0 Å². The molecule has 1 heterocycles. The first-order chi connectivity index (χ1) is 12.0. The van der Waals surface area contributed by atoms with Crippen molar-refractivity contribution < 1.29 is 4.79 Å². The van der Waals surface area contributed by atoms with Crippen molar-refractivity contribution in [3.05, 3.63) is 59.7 Å². The molecule has 0 aliphatic heterocycles. The molecular formula is C20H24N4O. The first-order valence-corrected chi connectivity index (χ1v) is 8.69. The Morgan fingerprint density at radius 1 is 1.08 bits per heavy atom. The van der Waals surface area contributed by atoms with Crippen molar-refractivity contribution in [3.63, 3.8) is 0 Å². The van der Waals surface area contributed by atoms with E-state index in [-0.39, 0.29) is 18.5 Å². The Morgan fingerprint density at radius 2 is 1.80 bits per heavy atom. The largest absolute Gasteiger partial charge is 0.348 e. The van der Waals surface area contributed by atoms with Crippen LogP contribution in [-0.2, 0) is 17.8 Å². The SMILES string of the molecule is CC(C)Cc1ccc([C@H](C)NC(=O)Cn2nnc3ccccc32)cc1. The molecule has 5 heteroatoms. The predicted octanol–water partition coefficient (Wildman–Crippen LogP) is 3.51. The van der Waals surface area contributed by atoms with Gasteiger partial charge < -0.3 is 5.32 Å². The van der Waals surface area contributed by atoms with Gasteiger partial charge in [0.05, 0.1) is 11.6 Å². The summed E-state index contributed by atoms with van der Waals surface area (Å²) in [5.41, 5.74) is 4.09. The molecule has 5 nitrogen and oxygen atoms in total. The summed E-state index contributed by atoms with van der Waals surface area (Å²) in [6.07, 6.45) is 1.07. The standard InChI is InChI=1S/C20H24N4O/c1-14(2)12-16-8-10-17(11-9-16)15(3)21-20(25)13-24-19-7-5-4-6-18(19)22-23-24/h4-11,14-15H,12-13H2,1-3H3,(H,21,25)/t15-/m0/s1. The average Bonchev–Trinajstić information content (AvgIpc) is 2.98. The second-order valence-corrected chi connectivity index (χ2v) is 6.86. The molecule has 0 bridgehead atoms. The lowest BCUT2D eigenvalue weighted by atomic mass is 10.00. The molecule has 0 unspecified atom stereocenters. The summed E-state index contributed by atoms with van der Waals surface area (Å²) in [7, 11) is 0. The van der Waals surface area contributed by atoms with E-state index in [0.29, 0.717) is 5.92 Å². The molecule has 0 fully saturated rings. The Morgan fingerprint density at radius 3 is 2.52 bits per heavy atom. The number of aromatic nitrogens is 3. The van der Waals surface area contributed by atoms with Gasteiger partial charge in [-0.25, -0.2) is 4.68 Å². The monoisotopic (exact) mass is 336 g/mol.